The van der Waals surface area contributed by atoms with Crippen LogP contribution in [0.25, 0.3) is 0 Å². The Morgan fingerprint density at radius 1 is 1.16 bits per heavy atom. The van der Waals surface area contributed by atoms with E-state index < -0.39 is 23.6 Å². The molecule has 0 amide bonds. The monoisotopic (exact) mass is 337 g/mol. The Bertz CT molecular complexity index is 879. The Kier molecular flexibility index (Phi) is 4.30. The minimum Gasteiger partial charge on any atom is -0.545 e. The topological polar surface area (TPSA) is 119 Å². The summed E-state index contributed by atoms with van der Waals surface area (Å²) in [5, 5.41) is 24.4. The lowest BCUT2D eigenvalue weighted by molar-refractivity contribution is -0.254. The number of ketones is 1. The minimum atomic E-state index is -1.39. The van der Waals surface area contributed by atoms with Crippen LogP contribution in [0.4, 0.5) is 5.69 Å². The Morgan fingerprint density at radius 2 is 1.88 bits per heavy atom. The van der Waals surface area contributed by atoms with Gasteiger partial charge in [-0.2, -0.15) is 5.10 Å². The third-order valence-electron chi connectivity index (χ3n) is 4.00. The number of hydrogen-bond acceptors (Lipinski definition) is 6. The third kappa shape index (κ3) is 3.12. The molecule has 1 aromatic rings. The fourth-order valence-corrected chi connectivity index (χ4v) is 2.79. The van der Waals surface area contributed by atoms with E-state index in [0.717, 1.165) is 0 Å². The van der Waals surface area contributed by atoms with Crippen molar-refractivity contribution in [1.82, 2.24) is 0 Å². The first-order valence-electron chi connectivity index (χ1n) is 7.48. The Hall–Kier alpha value is -3.48. The molecule has 126 valence electrons. The van der Waals surface area contributed by atoms with Gasteiger partial charge < -0.3 is 15.0 Å². The van der Waals surface area contributed by atoms with Gasteiger partial charge >= 0.3 is 5.97 Å². The molecule has 2 unspecified atom stereocenters. The summed E-state index contributed by atoms with van der Waals surface area (Å²) in [7, 11) is 0. The highest BCUT2D eigenvalue weighted by Crippen LogP contribution is 2.30. The number of carboxylic acid groups (broad SMARTS) is 2. The van der Waals surface area contributed by atoms with Crippen LogP contribution in [-0.4, -0.2) is 28.5 Å². The summed E-state index contributed by atoms with van der Waals surface area (Å²) in [6, 6.07) is 5.96. The molecule has 0 bridgehead atoms. The molecular weight excluding hydrogens is 324 g/mol. The van der Waals surface area contributed by atoms with Crippen LogP contribution in [0.5, 0.6) is 0 Å². The van der Waals surface area contributed by atoms with Crippen LogP contribution < -0.4 is 10.5 Å². The fraction of sp³-hybridized carbons (Fsp3) is 0.111. The maximum atomic E-state index is 12.5. The van der Waals surface area contributed by atoms with E-state index in [0.29, 0.717) is 0 Å². The van der Waals surface area contributed by atoms with E-state index in [4.69, 9.17) is 0 Å². The molecule has 0 aliphatic heterocycles. The number of aromatic carboxylic acids is 1. The number of carboxylic acids is 2. The normalized spacial score (nSPS) is 23.1. The van der Waals surface area contributed by atoms with Crippen molar-refractivity contribution >= 4 is 29.1 Å². The van der Waals surface area contributed by atoms with Crippen molar-refractivity contribution in [2.24, 2.45) is 16.9 Å². The van der Waals surface area contributed by atoms with E-state index in [9.17, 15) is 24.6 Å². The number of hydrazone groups is 1. The van der Waals surface area contributed by atoms with Crippen molar-refractivity contribution < 1.29 is 24.6 Å². The standard InChI is InChI=1S/C18H14N2O5/c21-16-13(18(24)25)9-10-5-1-2-6-11(10)15(16)20-19-14-8-4-3-7-12(14)17(22)23/h1-11,19H,(H,22,23)(H,24,25)/p-1/b20-15-. The second-order valence-electron chi connectivity index (χ2n) is 5.53. The summed E-state index contributed by atoms with van der Waals surface area (Å²) < 4.78 is 0. The van der Waals surface area contributed by atoms with Gasteiger partial charge in [-0.25, -0.2) is 4.79 Å². The van der Waals surface area contributed by atoms with E-state index in [-0.39, 0.29) is 28.5 Å². The molecule has 0 heterocycles. The molecule has 2 N–H and O–H groups in total. The van der Waals surface area contributed by atoms with Crippen LogP contribution >= 0.6 is 0 Å². The van der Waals surface area contributed by atoms with Crippen molar-refractivity contribution in [3.05, 3.63) is 65.8 Å². The first-order valence-corrected chi connectivity index (χ1v) is 7.48. The highest BCUT2D eigenvalue weighted by molar-refractivity contribution is 6.52. The van der Waals surface area contributed by atoms with Gasteiger partial charge in [0.05, 0.1) is 11.7 Å². The van der Waals surface area contributed by atoms with Gasteiger partial charge in [0.15, 0.2) is 0 Å². The molecule has 0 spiro atoms. The lowest BCUT2D eigenvalue weighted by Crippen LogP contribution is -2.37. The quantitative estimate of drug-likeness (QED) is 0.619. The highest BCUT2D eigenvalue weighted by Gasteiger charge is 2.37. The number of carbonyl (C=O) groups excluding carboxylic acids is 2. The molecule has 1 aromatic carbocycles. The molecule has 2 aliphatic carbocycles. The van der Waals surface area contributed by atoms with E-state index in [1.165, 1.54) is 24.3 Å². The van der Waals surface area contributed by atoms with Gasteiger partial charge in [0.1, 0.15) is 11.3 Å². The van der Waals surface area contributed by atoms with Gasteiger partial charge in [-0.15, -0.1) is 0 Å². The van der Waals surface area contributed by atoms with Crippen LogP contribution in [-0.2, 0) is 9.59 Å². The molecule has 7 heteroatoms. The summed E-state index contributed by atoms with van der Waals surface area (Å²) >= 11 is 0. The largest absolute Gasteiger partial charge is 0.545 e. The predicted octanol–water partition coefficient (Wildman–Crippen LogP) is 0.770. The average Bonchev–Trinajstić information content (AvgIpc) is 2.60. The zero-order valence-corrected chi connectivity index (χ0v) is 12.9. The number of aliphatic carboxylic acids is 1. The molecule has 0 fully saturated rings. The molecular formula is C18H13N2O5-. The smallest absolute Gasteiger partial charge is 0.339 e. The number of anilines is 1. The van der Waals surface area contributed by atoms with Crippen LogP contribution in [0, 0.1) is 11.8 Å². The van der Waals surface area contributed by atoms with Crippen molar-refractivity contribution in [2.75, 3.05) is 5.43 Å². The molecule has 3 rings (SSSR count). The summed E-state index contributed by atoms with van der Waals surface area (Å²) in [4.78, 5) is 34.9. The SMILES string of the molecule is O=C(O)C1=CC2C=CC=CC2/C(=N/Nc2ccccc2C(=O)[O-])C1=O. The van der Waals surface area contributed by atoms with Gasteiger partial charge in [0, 0.05) is 17.4 Å². The van der Waals surface area contributed by atoms with Crippen LogP contribution in [0.15, 0.2) is 65.3 Å². The lowest BCUT2D eigenvalue weighted by atomic mass is 9.76. The number of fused-ring (bicyclic) bond motifs is 1. The van der Waals surface area contributed by atoms with Crippen LogP contribution in [0.1, 0.15) is 10.4 Å². The molecule has 2 aliphatic rings. The number of para-hydroxylation sites is 1. The van der Waals surface area contributed by atoms with Gasteiger partial charge in [-0.3, -0.25) is 10.2 Å². The Labute approximate surface area is 142 Å². The fourth-order valence-electron chi connectivity index (χ4n) is 2.79. The number of benzene rings is 1. The van der Waals surface area contributed by atoms with Gasteiger partial charge in [0.25, 0.3) is 0 Å². The molecule has 0 saturated heterocycles. The minimum absolute atomic E-state index is 0.0126. The van der Waals surface area contributed by atoms with Gasteiger partial charge in [0.2, 0.25) is 5.78 Å². The van der Waals surface area contributed by atoms with Crippen molar-refractivity contribution in [2.45, 2.75) is 0 Å². The Morgan fingerprint density at radius 3 is 2.60 bits per heavy atom. The van der Waals surface area contributed by atoms with Crippen molar-refractivity contribution in [1.29, 1.82) is 0 Å². The summed E-state index contributed by atoms with van der Waals surface area (Å²) in [5.74, 6) is -4.13. The zero-order chi connectivity index (χ0) is 18.0. The molecule has 7 nitrogen and oxygen atoms in total. The molecule has 25 heavy (non-hydrogen) atoms. The van der Waals surface area contributed by atoms with E-state index in [1.54, 1.807) is 30.4 Å². The summed E-state index contributed by atoms with van der Waals surface area (Å²) in [6.45, 7) is 0. The second kappa shape index (κ2) is 6.56. The number of nitrogens with one attached hydrogen (secondary N) is 1. The average molecular weight is 337 g/mol. The molecule has 0 radical (unpaired) electrons. The zero-order valence-electron chi connectivity index (χ0n) is 12.9. The maximum absolute atomic E-state index is 12.5. The summed E-state index contributed by atoms with van der Waals surface area (Å²) in [6.07, 6.45) is 8.46. The van der Waals surface area contributed by atoms with Crippen molar-refractivity contribution in [3.63, 3.8) is 0 Å². The number of hydrogen-bond donors (Lipinski definition) is 2. The summed E-state index contributed by atoms with van der Waals surface area (Å²) in [5.41, 5.74) is 2.26. The first-order chi connectivity index (χ1) is 12.0. The highest BCUT2D eigenvalue weighted by atomic mass is 16.4. The third-order valence-corrected chi connectivity index (χ3v) is 4.00. The first kappa shape index (κ1) is 16.4. The van der Waals surface area contributed by atoms with Gasteiger partial charge in [-0.1, -0.05) is 48.6 Å². The molecule has 0 aromatic heterocycles. The van der Waals surface area contributed by atoms with E-state index >= 15 is 0 Å². The molecule has 0 saturated carbocycles. The number of allylic oxidation sites excluding steroid dienone is 5. The number of carbonyl (C=O) groups is 3. The number of rotatable bonds is 4. The lowest BCUT2D eigenvalue weighted by Gasteiger charge is -2.27. The second-order valence-corrected chi connectivity index (χ2v) is 5.53. The number of Topliss-reactive ketones (excluding diaryl/α,β-unsaturated/α-hetero) is 1. The van der Waals surface area contributed by atoms with Crippen molar-refractivity contribution in [3.8, 4) is 0 Å². The number of nitrogens with zero attached hydrogens (tertiary/aromatic N) is 1. The van der Waals surface area contributed by atoms with E-state index in [2.05, 4.69) is 10.5 Å². The predicted molar refractivity (Wildman–Crippen MR) is 87.8 cm³/mol. The Balaban J connectivity index is 1.99. The van der Waals surface area contributed by atoms with E-state index in [1.807, 2.05) is 0 Å². The molecule has 2 atom stereocenters. The van der Waals surface area contributed by atoms with Gasteiger partial charge in [-0.05, 0) is 6.07 Å². The maximum Gasteiger partial charge on any atom is 0.339 e. The van der Waals surface area contributed by atoms with Crippen LogP contribution in [0.2, 0.25) is 0 Å². The van der Waals surface area contributed by atoms with Crippen LogP contribution in [0.3, 0.4) is 0 Å².